The molecule has 0 unspecified atom stereocenters. The fourth-order valence-corrected chi connectivity index (χ4v) is 1.80. The molecule has 0 saturated heterocycles. The monoisotopic (exact) mass is 319 g/mol. The molecule has 0 aromatic heterocycles. The largest absolute Gasteiger partial charge is 0.303 e. The molecule has 0 aliphatic rings. The number of Topliss-reactive ketones (excluding diaryl/α,β-unsaturated/α-hetero) is 1. The van der Waals surface area contributed by atoms with Gasteiger partial charge in [0.05, 0.1) is 6.04 Å². The van der Waals surface area contributed by atoms with Gasteiger partial charge in [-0.2, -0.15) is 0 Å². The molecule has 0 spiro atoms. The van der Waals surface area contributed by atoms with Crippen molar-refractivity contribution >= 4 is 34.4 Å². The third-order valence-corrected chi connectivity index (χ3v) is 2.39. The third kappa shape index (κ3) is 5.66. The van der Waals surface area contributed by atoms with Gasteiger partial charge in [0.2, 0.25) is 0 Å². The van der Waals surface area contributed by atoms with E-state index in [0.29, 0.717) is 10.6 Å². The summed E-state index contributed by atoms with van der Waals surface area (Å²) in [5, 5.41) is 3.84. The lowest BCUT2D eigenvalue weighted by atomic mass is 10.0. The number of hydrogen-bond donors (Lipinski definition) is 1. The van der Waals surface area contributed by atoms with Crippen LogP contribution in [-0.4, -0.2) is 17.4 Å². The van der Waals surface area contributed by atoms with Crippen molar-refractivity contribution in [1.29, 1.82) is 0 Å². The van der Waals surface area contributed by atoms with Gasteiger partial charge in [-0.1, -0.05) is 23.7 Å². The van der Waals surface area contributed by atoms with Crippen LogP contribution in [0.1, 0.15) is 38.1 Å². The van der Waals surface area contributed by atoms with Crippen LogP contribution >= 0.6 is 28.6 Å². The Morgan fingerprint density at radius 2 is 1.94 bits per heavy atom. The molecule has 0 amide bonds. The van der Waals surface area contributed by atoms with E-state index in [1.807, 2.05) is 27.7 Å². The zero-order valence-corrected chi connectivity index (χ0v) is 13.1. The van der Waals surface area contributed by atoms with Crippen LogP contribution in [0.5, 0.6) is 0 Å². The van der Waals surface area contributed by atoms with Crippen LogP contribution in [0.15, 0.2) is 24.3 Å². The topological polar surface area (TPSA) is 29.1 Å². The molecule has 1 rings (SSSR count). The third-order valence-electron chi connectivity index (χ3n) is 2.15. The average molecular weight is 321 g/mol. The zero-order valence-electron chi connectivity index (χ0n) is 10.6. The van der Waals surface area contributed by atoms with E-state index in [0.717, 1.165) is 0 Å². The second-order valence-electron chi connectivity index (χ2n) is 4.99. The van der Waals surface area contributed by atoms with Gasteiger partial charge < -0.3 is 5.32 Å². The maximum Gasteiger partial charge on any atom is 0.179 e. The van der Waals surface area contributed by atoms with Gasteiger partial charge in [0, 0.05) is 16.1 Å². The first-order valence-corrected chi connectivity index (χ1v) is 5.75. The fraction of sp³-hybridized carbons (Fsp3) is 0.462. The molecule has 0 aliphatic carbocycles. The van der Waals surface area contributed by atoms with Crippen molar-refractivity contribution in [3.05, 3.63) is 34.9 Å². The van der Waals surface area contributed by atoms with E-state index in [2.05, 4.69) is 5.32 Å². The minimum absolute atomic E-state index is 0. The molecule has 96 valence electrons. The summed E-state index contributed by atoms with van der Waals surface area (Å²) >= 11 is 5.85. The highest BCUT2D eigenvalue weighted by atomic mass is 79.9. The molecule has 0 bridgehead atoms. The van der Waals surface area contributed by atoms with Gasteiger partial charge in [0.25, 0.3) is 0 Å². The Balaban J connectivity index is 0.00000256. The molecule has 1 aromatic rings. The van der Waals surface area contributed by atoms with Crippen molar-refractivity contribution in [3.63, 3.8) is 0 Å². The summed E-state index contributed by atoms with van der Waals surface area (Å²) in [5.41, 5.74) is 0.574. The fourth-order valence-electron chi connectivity index (χ4n) is 1.61. The number of hydrogen-bond acceptors (Lipinski definition) is 2. The zero-order chi connectivity index (χ0) is 12.3. The normalized spacial score (nSPS) is 12.8. The van der Waals surface area contributed by atoms with Gasteiger partial charge in [-0.25, -0.2) is 0 Å². The molecule has 0 saturated carbocycles. The van der Waals surface area contributed by atoms with E-state index in [-0.39, 0.29) is 34.3 Å². The van der Waals surface area contributed by atoms with Gasteiger partial charge >= 0.3 is 0 Å². The summed E-state index contributed by atoms with van der Waals surface area (Å²) in [7, 11) is 0. The Bertz CT molecular complexity index is 387. The predicted octanol–water partition coefficient (Wildman–Crippen LogP) is 3.88. The molecular formula is C13H19BrClNO. The predicted molar refractivity (Wildman–Crippen MR) is 78.5 cm³/mol. The number of ketones is 1. The van der Waals surface area contributed by atoms with Crippen LogP contribution in [0, 0.1) is 0 Å². The second-order valence-corrected chi connectivity index (χ2v) is 5.43. The summed E-state index contributed by atoms with van der Waals surface area (Å²) in [6, 6.07) is 6.83. The highest BCUT2D eigenvalue weighted by Crippen LogP contribution is 2.13. The molecular weight excluding hydrogens is 302 g/mol. The van der Waals surface area contributed by atoms with Crippen molar-refractivity contribution in [1.82, 2.24) is 5.32 Å². The van der Waals surface area contributed by atoms with E-state index >= 15 is 0 Å². The lowest BCUT2D eigenvalue weighted by Crippen LogP contribution is -2.46. The van der Waals surface area contributed by atoms with Gasteiger partial charge in [-0.05, 0) is 39.8 Å². The van der Waals surface area contributed by atoms with Crippen LogP contribution in [0.4, 0.5) is 0 Å². The standard InChI is InChI=1S/C13H18ClNO.BrH/c1-9(15-13(2,3)4)12(16)10-6-5-7-11(14)8-10;/h5-9,15H,1-4H3;1H/t9-;/m0./s1. The van der Waals surface area contributed by atoms with Crippen LogP contribution in [0.25, 0.3) is 0 Å². The van der Waals surface area contributed by atoms with E-state index < -0.39 is 0 Å². The van der Waals surface area contributed by atoms with Gasteiger partial charge in [0.1, 0.15) is 0 Å². The summed E-state index contributed by atoms with van der Waals surface area (Å²) in [4.78, 5) is 12.1. The lowest BCUT2D eigenvalue weighted by molar-refractivity contribution is 0.0936. The number of carbonyl (C=O) groups excluding carboxylic acids is 1. The number of carbonyl (C=O) groups is 1. The highest BCUT2D eigenvalue weighted by molar-refractivity contribution is 8.93. The number of rotatable bonds is 3. The quantitative estimate of drug-likeness (QED) is 0.856. The maximum atomic E-state index is 12.1. The van der Waals surface area contributed by atoms with Crippen LogP contribution in [0.3, 0.4) is 0 Å². The first kappa shape index (κ1) is 16.6. The van der Waals surface area contributed by atoms with Crippen LogP contribution < -0.4 is 5.32 Å². The molecule has 0 heterocycles. The van der Waals surface area contributed by atoms with Crippen molar-refractivity contribution in [2.75, 3.05) is 0 Å². The van der Waals surface area contributed by atoms with Crippen molar-refractivity contribution < 1.29 is 4.79 Å². The van der Waals surface area contributed by atoms with Gasteiger partial charge in [-0.15, -0.1) is 17.0 Å². The second kappa shape index (κ2) is 6.53. The lowest BCUT2D eigenvalue weighted by Gasteiger charge is -2.25. The first-order valence-electron chi connectivity index (χ1n) is 5.37. The Hall–Kier alpha value is -0.380. The Morgan fingerprint density at radius 3 is 2.41 bits per heavy atom. The number of benzene rings is 1. The molecule has 0 fully saturated rings. The van der Waals surface area contributed by atoms with E-state index in [9.17, 15) is 4.79 Å². The summed E-state index contributed by atoms with van der Waals surface area (Å²) in [6.07, 6.45) is 0. The molecule has 17 heavy (non-hydrogen) atoms. The molecule has 1 aromatic carbocycles. The van der Waals surface area contributed by atoms with Crippen molar-refractivity contribution in [2.24, 2.45) is 0 Å². The van der Waals surface area contributed by atoms with Crippen LogP contribution in [0.2, 0.25) is 5.02 Å². The SMILES string of the molecule is Br.C[C@H](NC(C)(C)C)C(=O)c1cccc(Cl)c1. The minimum atomic E-state index is -0.210. The molecule has 2 nitrogen and oxygen atoms in total. The Labute approximate surface area is 119 Å². The van der Waals surface area contributed by atoms with Gasteiger partial charge in [-0.3, -0.25) is 4.79 Å². The molecule has 1 atom stereocenters. The smallest absolute Gasteiger partial charge is 0.179 e. The maximum absolute atomic E-state index is 12.1. The van der Waals surface area contributed by atoms with Crippen LogP contribution in [-0.2, 0) is 0 Å². The summed E-state index contributed by atoms with van der Waals surface area (Å²) in [6.45, 7) is 7.98. The number of halogens is 2. The molecule has 0 aliphatic heterocycles. The van der Waals surface area contributed by atoms with Crippen molar-refractivity contribution in [2.45, 2.75) is 39.3 Å². The Kier molecular flexibility index (Phi) is 6.38. The molecule has 4 heteroatoms. The highest BCUT2D eigenvalue weighted by Gasteiger charge is 2.20. The van der Waals surface area contributed by atoms with Gasteiger partial charge in [0.15, 0.2) is 5.78 Å². The molecule has 1 N–H and O–H groups in total. The van der Waals surface area contributed by atoms with E-state index in [1.54, 1.807) is 24.3 Å². The van der Waals surface area contributed by atoms with E-state index in [1.165, 1.54) is 0 Å². The average Bonchev–Trinajstić information content (AvgIpc) is 2.14. The summed E-state index contributed by atoms with van der Waals surface area (Å²) < 4.78 is 0. The van der Waals surface area contributed by atoms with Crippen molar-refractivity contribution in [3.8, 4) is 0 Å². The molecule has 0 radical (unpaired) electrons. The first-order chi connectivity index (χ1) is 7.29. The van der Waals surface area contributed by atoms with E-state index in [4.69, 9.17) is 11.6 Å². The summed E-state index contributed by atoms with van der Waals surface area (Å²) in [5.74, 6) is 0.0671. The minimum Gasteiger partial charge on any atom is -0.303 e. The Morgan fingerprint density at radius 1 is 1.35 bits per heavy atom. The number of nitrogens with one attached hydrogen (secondary N) is 1.